The first-order chi connectivity index (χ1) is 34.8. The zero-order valence-corrected chi connectivity index (χ0v) is 38.3. The van der Waals surface area contributed by atoms with Crippen LogP contribution in [0.2, 0.25) is 0 Å². The van der Waals surface area contributed by atoms with Crippen molar-refractivity contribution in [2.45, 2.75) is 10.8 Å². The van der Waals surface area contributed by atoms with Crippen LogP contribution in [0.3, 0.4) is 0 Å². The maximum atomic E-state index is 2.56. The third kappa shape index (κ3) is 5.02. The van der Waals surface area contributed by atoms with Crippen molar-refractivity contribution in [1.29, 1.82) is 0 Å². The highest BCUT2D eigenvalue weighted by Crippen LogP contribution is 2.63. The molecule has 0 saturated carbocycles. The highest BCUT2D eigenvalue weighted by Gasteiger charge is 2.51. The molecule has 0 unspecified atom stereocenters. The molecule has 2 heterocycles. The quantitative estimate of drug-likeness (QED) is 0.161. The molecule has 0 N–H and O–H groups in total. The lowest BCUT2D eigenvalue weighted by Gasteiger charge is -2.39. The van der Waals surface area contributed by atoms with Crippen LogP contribution in [-0.2, 0) is 10.8 Å². The van der Waals surface area contributed by atoms with Gasteiger partial charge in [0.05, 0.1) is 38.9 Å². The molecule has 70 heavy (non-hydrogen) atoms. The first-order valence-electron chi connectivity index (χ1n) is 24.4. The van der Waals surface area contributed by atoms with E-state index in [4.69, 9.17) is 0 Å². The molecule has 1 aliphatic heterocycles. The fraction of sp³-hybridized carbons (Fsp3) is 0.0294. The predicted octanol–water partition coefficient (Wildman–Crippen LogP) is 17.0. The van der Waals surface area contributed by atoms with Gasteiger partial charge in [-0.3, -0.25) is 0 Å². The van der Waals surface area contributed by atoms with E-state index in [0.29, 0.717) is 0 Å². The van der Waals surface area contributed by atoms with Gasteiger partial charge < -0.3 is 9.47 Å². The molecule has 326 valence electrons. The van der Waals surface area contributed by atoms with E-state index in [-0.39, 0.29) is 0 Å². The van der Waals surface area contributed by atoms with Crippen molar-refractivity contribution in [1.82, 2.24) is 4.57 Å². The highest BCUT2D eigenvalue weighted by atomic mass is 15.1. The van der Waals surface area contributed by atoms with Gasteiger partial charge >= 0.3 is 0 Å². The van der Waals surface area contributed by atoms with E-state index >= 15 is 0 Å². The average molecular weight is 889 g/mol. The van der Waals surface area contributed by atoms with Gasteiger partial charge in [0.15, 0.2) is 0 Å². The summed E-state index contributed by atoms with van der Waals surface area (Å²) in [5.74, 6) is 0. The van der Waals surface area contributed by atoms with Crippen molar-refractivity contribution >= 4 is 38.9 Å². The molecule has 0 atom stereocenters. The van der Waals surface area contributed by atoms with Gasteiger partial charge in [-0.1, -0.05) is 231 Å². The van der Waals surface area contributed by atoms with E-state index in [2.05, 4.69) is 276 Å². The van der Waals surface area contributed by atoms with Crippen LogP contribution >= 0.6 is 0 Å². The Labute approximate surface area is 407 Å². The van der Waals surface area contributed by atoms with Gasteiger partial charge in [-0.25, -0.2) is 0 Å². The summed E-state index contributed by atoms with van der Waals surface area (Å²) in [5.41, 5.74) is 23.9. The first-order valence-corrected chi connectivity index (χ1v) is 24.4. The third-order valence-corrected chi connectivity index (χ3v) is 15.9. The maximum absolute atomic E-state index is 2.56. The van der Waals surface area contributed by atoms with Gasteiger partial charge in [0.25, 0.3) is 0 Å². The molecule has 0 bridgehead atoms. The number of hydrogen-bond donors (Lipinski definition) is 0. The second-order valence-corrected chi connectivity index (χ2v) is 19.0. The number of benzene rings is 11. The number of rotatable bonds is 6. The molecular formula is C68H44N2. The van der Waals surface area contributed by atoms with Crippen LogP contribution in [0.15, 0.2) is 267 Å². The molecule has 0 radical (unpaired) electrons. The summed E-state index contributed by atoms with van der Waals surface area (Å²) >= 11 is 0. The van der Waals surface area contributed by atoms with Gasteiger partial charge in [-0.05, 0) is 103 Å². The summed E-state index contributed by atoms with van der Waals surface area (Å²) < 4.78 is 2.56. The van der Waals surface area contributed by atoms with E-state index in [1.165, 1.54) is 105 Å². The zero-order chi connectivity index (χ0) is 46.0. The largest absolute Gasteiger partial charge is 0.309 e. The van der Waals surface area contributed by atoms with E-state index < -0.39 is 10.8 Å². The summed E-state index contributed by atoms with van der Waals surface area (Å²) in [4.78, 5) is 2.55. The molecule has 1 spiro atoms. The van der Waals surface area contributed by atoms with E-state index in [0.717, 1.165) is 17.1 Å². The summed E-state index contributed by atoms with van der Waals surface area (Å²) in [6.45, 7) is 0. The van der Waals surface area contributed by atoms with Crippen LogP contribution in [0.5, 0.6) is 0 Å². The second-order valence-electron chi connectivity index (χ2n) is 19.0. The Morgan fingerprint density at radius 1 is 0.314 bits per heavy atom. The smallest absolute Gasteiger partial charge is 0.0754 e. The summed E-state index contributed by atoms with van der Waals surface area (Å²) in [6.07, 6.45) is 0. The van der Waals surface area contributed by atoms with Gasteiger partial charge in [0, 0.05) is 27.6 Å². The fourth-order valence-corrected chi connectivity index (χ4v) is 13.3. The number of nitrogens with zero attached hydrogens (tertiary/aromatic N) is 2. The highest BCUT2D eigenvalue weighted by molar-refractivity contribution is 6.14. The Balaban J connectivity index is 1.04. The van der Waals surface area contributed by atoms with Crippen LogP contribution in [-0.4, -0.2) is 4.57 Å². The first kappa shape index (κ1) is 39.1. The summed E-state index contributed by atoms with van der Waals surface area (Å²) in [5, 5.41) is 2.47. The van der Waals surface area contributed by atoms with Crippen molar-refractivity contribution in [3.8, 4) is 39.1 Å². The molecule has 11 aromatic carbocycles. The lowest BCUT2D eigenvalue weighted by Crippen LogP contribution is -2.33. The lowest BCUT2D eigenvalue weighted by molar-refractivity contribution is 0.748. The molecule has 12 aromatic rings. The van der Waals surface area contributed by atoms with Crippen LogP contribution < -0.4 is 4.90 Å². The standard InChI is InChI=1S/C68H44N2/c1-4-22-45(23-5-1)49-28-13-18-39-61(49)69(64-41-21-37-59-65(64)53-31-12-16-35-57(53)67(59,46-24-6-2-7-25-46)47-26-8-3-9-27-47)48-42-43-62-54(44-48)52-32-20-38-60-66(52)70(62)63-40-19-17-36-58(63)68(60)55-33-14-10-29-50(55)51-30-11-15-34-56(51)68/h1-44H. The van der Waals surface area contributed by atoms with E-state index in [1.807, 2.05) is 0 Å². The van der Waals surface area contributed by atoms with Crippen molar-refractivity contribution in [2.75, 3.05) is 4.90 Å². The predicted molar refractivity (Wildman–Crippen MR) is 289 cm³/mol. The Morgan fingerprint density at radius 2 is 0.814 bits per heavy atom. The Kier molecular flexibility index (Phi) is 8.24. The van der Waals surface area contributed by atoms with E-state index in [9.17, 15) is 0 Å². The van der Waals surface area contributed by atoms with Gasteiger partial charge in [-0.15, -0.1) is 0 Å². The third-order valence-electron chi connectivity index (χ3n) is 15.9. The molecule has 0 amide bonds. The maximum Gasteiger partial charge on any atom is 0.0754 e. The second kappa shape index (κ2) is 14.8. The molecule has 1 aromatic heterocycles. The van der Waals surface area contributed by atoms with Crippen LogP contribution in [0, 0.1) is 0 Å². The number of aromatic nitrogens is 1. The normalized spacial score (nSPS) is 13.9. The van der Waals surface area contributed by atoms with Crippen molar-refractivity contribution in [3.05, 3.63) is 311 Å². The topological polar surface area (TPSA) is 8.17 Å². The zero-order valence-electron chi connectivity index (χ0n) is 38.3. The molecular weight excluding hydrogens is 845 g/mol. The SMILES string of the molecule is c1ccc(-c2ccccc2N(c2ccc3c(c2)c2cccc4c2n3-c2ccccc2C42c3ccccc3-c3ccccc32)c2cccc3c2-c2ccccc2C3(c2ccccc2)c2ccccc2)cc1. The summed E-state index contributed by atoms with van der Waals surface area (Å²) in [6, 6.07) is 99.7. The van der Waals surface area contributed by atoms with Crippen LogP contribution in [0.1, 0.15) is 44.5 Å². The molecule has 2 nitrogen and oxygen atoms in total. The van der Waals surface area contributed by atoms with Crippen LogP contribution in [0.4, 0.5) is 17.1 Å². The molecule has 2 heteroatoms. The molecule has 15 rings (SSSR count). The number of hydrogen-bond acceptors (Lipinski definition) is 1. The molecule has 2 aliphatic carbocycles. The molecule has 0 saturated heterocycles. The minimum atomic E-state index is -0.543. The Hall–Kier alpha value is -8.98. The summed E-state index contributed by atoms with van der Waals surface area (Å²) in [7, 11) is 0. The average Bonchev–Trinajstić information content (AvgIpc) is 4.05. The number of fused-ring (bicyclic) bond motifs is 15. The monoisotopic (exact) mass is 888 g/mol. The lowest BCUT2D eigenvalue weighted by atomic mass is 9.65. The minimum Gasteiger partial charge on any atom is -0.309 e. The van der Waals surface area contributed by atoms with Crippen molar-refractivity contribution < 1.29 is 0 Å². The van der Waals surface area contributed by atoms with Crippen molar-refractivity contribution in [2.24, 2.45) is 0 Å². The number of anilines is 3. The molecule has 0 fully saturated rings. The van der Waals surface area contributed by atoms with E-state index in [1.54, 1.807) is 0 Å². The Bertz CT molecular complexity index is 3980. The molecule has 3 aliphatic rings. The van der Waals surface area contributed by atoms with Crippen molar-refractivity contribution in [3.63, 3.8) is 0 Å². The van der Waals surface area contributed by atoms with Gasteiger partial charge in [-0.2, -0.15) is 0 Å². The van der Waals surface area contributed by atoms with Crippen LogP contribution in [0.25, 0.3) is 60.9 Å². The number of para-hydroxylation sites is 3. The fourth-order valence-electron chi connectivity index (χ4n) is 13.3. The van der Waals surface area contributed by atoms with Gasteiger partial charge in [0.1, 0.15) is 0 Å². The van der Waals surface area contributed by atoms with Gasteiger partial charge in [0.2, 0.25) is 0 Å². The Morgan fingerprint density at radius 3 is 1.50 bits per heavy atom. The minimum absolute atomic E-state index is 0.473.